The summed E-state index contributed by atoms with van der Waals surface area (Å²) < 4.78 is 7.02. The Morgan fingerprint density at radius 2 is 1.50 bits per heavy atom. The molecule has 2 N–H and O–H groups in total. The van der Waals surface area contributed by atoms with E-state index in [9.17, 15) is 19.5 Å². The molecule has 10 nitrogen and oxygen atoms in total. The Kier molecular flexibility index (Phi) is 10.7. The molecule has 0 spiro atoms. The van der Waals surface area contributed by atoms with Gasteiger partial charge in [0.2, 0.25) is 0 Å². The standard InChI is InChI=1S/C34H43Br2N5O5/c35-27-20-23(21-28(36)31(27)42)22-30(32(43)39-15-9-25(10-16-39)38-13-4-1-5-14-38)46-34(45)40-17-11-26(12-18-40)41-19-8-24-6-2-3-7-29(24)37-33(41)44/h2-3,6-7,20-21,25-26,30,42H,1,4-5,8-19,22H2,(H,37,44)/t30-/m1/s1. The molecular weight excluding hydrogens is 718 g/mol. The number of nitrogens with zero attached hydrogens (tertiary/aromatic N) is 4. The van der Waals surface area contributed by atoms with E-state index in [2.05, 4.69) is 42.1 Å². The molecule has 0 unspecified atom stereocenters. The van der Waals surface area contributed by atoms with E-state index in [-0.39, 0.29) is 30.2 Å². The Morgan fingerprint density at radius 3 is 2.20 bits per heavy atom. The van der Waals surface area contributed by atoms with E-state index in [1.54, 1.807) is 17.0 Å². The lowest BCUT2D eigenvalue weighted by Gasteiger charge is -2.41. The Morgan fingerprint density at radius 1 is 0.870 bits per heavy atom. The molecule has 6 rings (SSSR count). The summed E-state index contributed by atoms with van der Waals surface area (Å²) in [5.41, 5.74) is 2.74. The zero-order valence-corrected chi connectivity index (χ0v) is 29.3. The smallest absolute Gasteiger partial charge is 0.410 e. The minimum Gasteiger partial charge on any atom is -0.506 e. The predicted octanol–water partition coefficient (Wildman–Crippen LogP) is 6.00. The van der Waals surface area contributed by atoms with Gasteiger partial charge < -0.3 is 34.8 Å². The molecule has 3 saturated heterocycles. The number of hydrogen-bond acceptors (Lipinski definition) is 6. The fourth-order valence-corrected chi connectivity index (χ4v) is 8.64. The SMILES string of the molecule is O=C(O[C@H](Cc1cc(Br)c(O)c(Br)c1)C(=O)N1CCC(N2CCCCC2)CC1)N1CCC(N2CCc3ccccc3NC2=O)CC1. The molecule has 12 heteroatoms. The van der Waals surface area contributed by atoms with Crippen LogP contribution in [-0.4, -0.2) is 107 Å². The fourth-order valence-electron chi connectivity index (χ4n) is 7.36. The first-order valence-corrected chi connectivity index (χ1v) is 18.2. The summed E-state index contributed by atoms with van der Waals surface area (Å²) in [6.45, 7) is 5.07. The van der Waals surface area contributed by atoms with Crippen LogP contribution < -0.4 is 5.32 Å². The molecule has 3 fully saturated rings. The number of para-hydroxylation sites is 1. The molecule has 46 heavy (non-hydrogen) atoms. The van der Waals surface area contributed by atoms with Gasteiger partial charge in [0.15, 0.2) is 6.10 Å². The lowest BCUT2D eigenvalue weighted by Crippen LogP contribution is -2.53. The molecule has 1 atom stereocenters. The number of benzene rings is 2. The van der Waals surface area contributed by atoms with Gasteiger partial charge in [-0.1, -0.05) is 24.6 Å². The maximum Gasteiger partial charge on any atom is 0.410 e. The number of amides is 4. The number of phenols is 1. The van der Waals surface area contributed by atoms with Gasteiger partial charge in [-0.05, 0) is 119 Å². The van der Waals surface area contributed by atoms with Gasteiger partial charge >= 0.3 is 12.1 Å². The van der Waals surface area contributed by atoms with E-state index in [1.807, 2.05) is 34.1 Å². The second-order valence-corrected chi connectivity index (χ2v) is 14.6. The first-order valence-electron chi connectivity index (χ1n) is 16.6. The summed E-state index contributed by atoms with van der Waals surface area (Å²) in [5.74, 6) is -0.102. The highest BCUT2D eigenvalue weighted by Crippen LogP contribution is 2.34. The fraction of sp³-hybridized carbons (Fsp3) is 0.559. The van der Waals surface area contributed by atoms with Gasteiger partial charge in [-0.25, -0.2) is 9.59 Å². The lowest BCUT2D eigenvalue weighted by atomic mass is 9.99. The van der Waals surface area contributed by atoms with Crippen LogP contribution in [0.4, 0.5) is 15.3 Å². The Hall–Kier alpha value is -2.83. The van der Waals surface area contributed by atoms with Crippen molar-refractivity contribution in [2.24, 2.45) is 0 Å². The maximum atomic E-state index is 14.0. The maximum absolute atomic E-state index is 14.0. The minimum atomic E-state index is -0.991. The van der Waals surface area contributed by atoms with Crippen LogP contribution in [-0.2, 0) is 22.4 Å². The summed E-state index contributed by atoms with van der Waals surface area (Å²) in [4.78, 5) is 48.5. The van der Waals surface area contributed by atoms with Crippen molar-refractivity contribution in [3.63, 3.8) is 0 Å². The van der Waals surface area contributed by atoms with Crippen LogP contribution in [0.2, 0.25) is 0 Å². The van der Waals surface area contributed by atoms with Crippen molar-refractivity contribution < 1.29 is 24.2 Å². The molecule has 4 aliphatic rings. The van der Waals surface area contributed by atoms with Crippen molar-refractivity contribution >= 4 is 55.6 Å². The van der Waals surface area contributed by atoms with Crippen LogP contribution in [0.15, 0.2) is 45.3 Å². The minimum absolute atomic E-state index is 0.0173. The molecule has 4 heterocycles. The van der Waals surface area contributed by atoms with Crippen LogP contribution in [0.5, 0.6) is 5.75 Å². The normalized spacial score (nSPS) is 20.9. The van der Waals surface area contributed by atoms with E-state index in [0.29, 0.717) is 60.6 Å². The van der Waals surface area contributed by atoms with Crippen molar-refractivity contribution in [1.82, 2.24) is 19.6 Å². The van der Waals surface area contributed by atoms with Crippen molar-refractivity contribution in [2.75, 3.05) is 51.1 Å². The molecule has 248 valence electrons. The van der Waals surface area contributed by atoms with Gasteiger partial charge in [0.05, 0.1) is 8.95 Å². The number of nitrogens with one attached hydrogen (secondary N) is 1. The van der Waals surface area contributed by atoms with E-state index in [1.165, 1.54) is 19.3 Å². The largest absolute Gasteiger partial charge is 0.506 e. The average molecular weight is 762 g/mol. The first kappa shape index (κ1) is 33.1. The highest BCUT2D eigenvalue weighted by Gasteiger charge is 2.36. The summed E-state index contributed by atoms with van der Waals surface area (Å²) in [6, 6.07) is 11.8. The Balaban J connectivity index is 1.09. The number of aromatic hydroxyl groups is 1. The summed E-state index contributed by atoms with van der Waals surface area (Å²) in [7, 11) is 0. The van der Waals surface area contributed by atoms with Crippen LogP contribution >= 0.6 is 31.9 Å². The highest BCUT2D eigenvalue weighted by atomic mass is 79.9. The predicted molar refractivity (Wildman–Crippen MR) is 183 cm³/mol. The monoisotopic (exact) mass is 759 g/mol. The van der Waals surface area contributed by atoms with Gasteiger partial charge in [-0.15, -0.1) is 0 Å². The highest BCUT2D eigenvalue weighted by molar-refractivity contribution is 9.11. The number of carbonyl (C=O) groups is 3. The van der Waals surface area contributed by atoms with Crippen LogP contribution in [0.1, 0.15) is 56.1 Å². The van der Waals surface area contributed by atoms with E-state index >= 15 is 0 Å². The zero-order chi connectivity index (χ0) is 32.2. The number of fused-ring (bicyclic) bond motifs is 1. The number of hydrogen-bond donors (Lipinski definition) is 2. The van der Waals surface area contributed by atoms with Crippen molar-refractivity contribution in [3.8, 4) is 5.75 Å². The second-order valence-electron chi connectivity index (χ2n) is 12.9. The molecule has 0 radical (unpaired) electrons. The zero-order valence-electron chi connectivity index (χ0n) is 26.1. The number of carbonyl (C=O) groups excluding carboxylic acids is 3. The third-order valence-electron chi connectivity index (χ3n) is 10.0. The second kappa shape index (κ2) is 14.9. The number of rotatable bonds is 6. The quantitative estimate of drug-likeness (QED) is 0.375. The number of urea groups is 1. The van der Waals surface area contributed by atoms with Crippen LogP contribution in [0.3, 0.4) is 0 Å². The number of piperidine rings is 3. The van der Waals surface area contributed by atoms with Gasteiger partial charge in [0.25, 0.3) is 5.91 Å². The molecular formula is C34H43Br2N5O5. The molecule has 0 aromatic heterocycles. The van der Waals surface area contributed by atoms with Gasteiger partial charge in [-0.3, -0.25) is 4.79 Å². The van der Waals surface area contributed by atoms with Gasteiger partial charge in [0, 0.05) is 56.9 Å². The number of anilines is 1. The van der Waals surface area contributed by atoms with E-state index in [0.717, 1.165) is 49.2 Å². The lowest BCUT2D eigenvalue weighted by molar-refractivity contribution is -0.142. The topological polar surface area (TPSA) is 106 Å². The van der Waals surface area contributed by atoms with Crippen LogP contribution in [0, 0.1) is 0 Å². The molecule has 0 aliphatic carbocycles. The first-order chi connectivity index (χ1) is 22.3. The molecule has 0 bridgehead atoms. The van der Waals surface area contributed by atoms with Crippen molar-refractivity contribution in [2.45, 2.75) is 76.0 Å². The third kappa shape index (κ3) is 7.65. The Labute approximate surface area is 287 Å². The average Bonchev–Trinajstić information content (AvgIpc) is 3.25. The van der Waals surface area contributed by atoms with E-state index < -0.39 is 12.2 Å². The van der Waals surface area contributed by atoms with Crippen molar-refractivity contribution in [3.05, 3.63) is 56.5 Å². The van der Waals surface area contributed by atoms with Gasteiger partial charge in [-0.2, -0.15) is 0 Å². The molecule has 4 amide bonds. The number of likely N-dealkylation sites (tertiary alicyclic amines) is 3. The number of ether oxygens (including phenoxy) is 1. The molecule has 2 aromatic carbocycles. The number of halogens is 2. The summed E-state index contributed by atoms with van der Waals surface area (Å²) in [5, 5.41) is 13.3. The van der Waals surface area contributed by atoms with Crippen molar-refractivity contribution in [1.29, 1.82) is 0 Å². The summed E-state index contributed by atoms with van der Waals surface area (Å²) in [6.07, 6.45) is 6.37. The Bertz CT molecular complexity index is 1400. The van der Waals surface area contributed by atoms with Gasteiger partial charge in [0.1, 0.15) is 5.75 Å². The van der Waals surface area contributed by atoms with E-state index in [4.69, 9.17) is 4.74 Å². The molecule has 4 aliphatic heterocycles. The third-order valence-corrected chi connectivity index (χ3v) is 11.2. The summed E-state index contributed by atoms with van der Waals surface area (Å²) >= 11 is 6.77. The molecule has 0 saturated carbocycles. The molecule has 2 aromatic rings. The number of phenolic OH excluding ortho intramolecular Hbond substituents is 1. The van der Waals surface area contributed by atoms with Crippen LogP contribution in [0.25, 0.3) is 0 Å².